The van der Waals surface area contributed by atoms with E-state index in [-0.39, 0.29) is 5.91 Å². The lowest BCUT2D eigenvalue weighted by atomic mass is 10.2. The molecule has 2 aromatic carbocycles. The maximum atomic E-state index is 12.1. The maximum Gasteiger partial charge on any atom is 0.323 e. The first-order valence-corrected chi connectivity index (χ1v) is 8.64. The lowest BCUT2D eigenvalue weighted by Gasteiger charge is -2.11. The summed E-state index contributed by atoms with van der Waals surface area (Å²) in [6.07, 6.45) is 0. The number of methoxy groups -OCH3 is 1. The topological polar surface area (TPSA) is 79.5 Å². The van der Waals surface area contributed by atoms with Crippen molar-refractivity contribution in [1.29, 1.82) is 0 Å². The number of ether oxygens (including phenoxy) is 1. The molecule has 2 rings (SSSR count). The van der Waals surface area contributed by atoms with Gasteiger partial charge < -0.3 is 20.7 Å². The third-order valence-corrected chi connectivity index (χ3v) is 4.31. The Bertz CT molecular complexity index is 815. The van der Waals surface area contributed by atoms with Gasteiger partial charge >= 0.3 is 6.03 Å². The van der Waals surface area contributed by atoms with E-state index in [2.05, 4.69) is 16.0 Å². The van der Waals surface area contributed by atoms with Gasteiger partial charge in [-0.05, 0) is 36.4 Å². The second kappa shape index (κ2) is 9.64. The molecule has 0 saturated carbocycles. The molecule has 0 aliphatic heterocycles. The molecule has 0 aromatic heterocycles. The smallest absolute Gasteiger partial charge is 0.323 e. The van der Waals surface area contributed by atoms with Gasteiger partial charge in [-0.15, -0.1) is 0 Å². The first kappa shape index (κ1) is 20.3. The number of hydrogen-bond donors (Lipinski definition) is 3. The van der Waals surface area contributed by atoms with Crippen LogP contribution in [0.2, 0.25) is 15.1 Å². The molecular formula is C17H16Cl3N3O3. The molecule has 0 aliphatic rings. The Hall–Kier alpha value is -1.99. The van der Waals surface area contributed by atoms with E-state index in [0.29, 0.717) is 45.2 Å². The molecule has 3 amide bonds. The second-order valence-electron chi connectivity index (χ2n) is 5.15. The highest BCUT2D eigenvalue weighted by molar-refractivity contribution is 6.42. The van der Waals surface area contributed by atoms with Gasteiger partial charge in [0.25, 0.3) is 5.91 Å². The third kappa shape index (κ3) is 5.78. The Morgan fingerprint density at radius 2 is 1.69 bits per heavy atom. The molecule has 0 radical (unpaired) electrons. The van der Waals surface area contributed by atoms with Crippen LogP contribution in [0.5, 0.6) is 0 Å². The van der Waals surface area contributed by atoms with Crippen LogP contribution in [0.3, 0.4) is 0 Å². The molecule has 0 spiro atoms. The molecule has 0 bridgehead atoms. The van der Waals surface area contributed by atoms with Crippen molar-refractivity contribution in [2.45, 2.75) is 0 Å². The van der Waals surface area contributed by atoms with Crippen molar-refractivity contribution in [2.75, 3.05) is 30.9 Å². The summed E-state index contributed by atoms with van der Waals surface area (Å²) in [5.41, 5.74) is 1.11. The van der Waals surface area contributed by atoms with E-state index in [1.54, 1.807) is 25.3 Å². The molecule has 0 saturated heterocycles. The van der Waals surface area contributed by atoms with Gasteiger partial charge in [-0.3, -0.25) is 4.79 Å². The van der Waals surface area contributed by atoms with E-state index in [9.17, 15) is 9.59 Å². The fourth-order valence-corrected chi connectivity index (χ4v) is 2.45. The number of carbonyl (C=O) groups excluding carboxylic acids is 2. The highest BCUT2D eigenvalue weighted by Crippen LogP contribution is 2.26. The summed E-state index contributed by atoms with van der Waals surface area (Å²) in [7, 11) is 1.54. The fourth-order valence-electron chi connectivity index (χ4n) is 1.99. The third-order valence-electron chi connectivity index (χ3n) is 3.25. The predicted octanol–water partition coefficient (Wildman–Crippen LogP) is 4.67. The summed E-state index contributed by atoms with van der Waals surface area (Å²) >= 11 is 17.8. The molecule has 0 unspecified atom stereocenters. The molecule has 0 fully saturated rings. The Kier molecular flexibility index (Phi) is 7.53. The Morgan fingerprint density at radius 1 is 0.962 bits per heavy atom. The Labute approximate surface area is 165 Å². The average Bonchev–Trinajstić information content (AvgIpc) is 2.60. The van der Waals surface area contributed by atoms with Crippen LogP contribution in [0.1, 0.15) is 10.4 Å². The summed E-state index contributed by atoms with van der Waals surface area (Å²) < 4.78 is 4.88. The van der Waals surface area contributed by atoms with Crippen molar-refractivity contribution < 1.29 is 14.3 Å². The molecule has 0 heterocycles. The zero-order valence-electron chi connectivity index (χ0n) is 13.7. The minimum atomic E-state index is -0.540. The highest BCUT2D eigenvalue weighted by Gasteiger charge is 2.11. The van der Waals surface area contributed by atoms with E-state index in [0.717, 1.165) is 0 Å². The molecule has 2 aromatic rings. The van der Waals surface area contributed by atoms with Crippen molar-refractivity contribution >= 4 is 58.1 Å². The number of urea groups is 1. The molecule has 26 heavy (non-hydrogen) atoms. The van der Waals surface area contributed by atoms with Gasteiger partial charge in [-0.1, -0.05) is 34.8 Å². The van der Waals surface area contributed by atoms with Crippen LogP contribution in [0.15, 0.2) is 36.4 Å². The van der Waals surface area contributed by atoms with Gasteiger partial charge in [0.2, 0.25) is 0 Å². The van der Waals surface area contributed by atoms with Gasteiger partial charge in [0.05, 0.1) is 27.4 Å². The van der Waals surface area contributed by atoms with Gasteiger partial charge in [0.15, 0.2) is 0 Å². The summed E-state index contributed by atoms with van der Waals surface area (Å²) in [6, 6.07) is 8.73. The number of amides is 3. The lowest BCUT2D eigenvalue weighted by molar-refractivity contribution is 0.0937. The van der Waals surface area contributed by atoms with Gasteiger partial charge in [-0.25, -0.2) is 4.79 Å². The van der Waals surface area contributed by atoms with Crippen LogP contribution >= 0.6 is 34.8 Å². The van der Waals surface area contributed by atoms with E-state index in [1.807, 2.05) is 0 Å². The lowest BCUT2D eigenvalue weighted by Crippen LogP contribution is -2.27. The number of hydrogen-bond acceptors (Lipinski definition) is 3. The van der Waals surface area contributed by atoms with Crippen LogP contribution in [0.25, 0.3) is 0 Å². The summed E-state index contributed by atoms with van der Waals surface area (Å²) in [4.78, 5) is 24.2. The van der Waals surface area contributed by atoms with Crippen molar-refractivity contribution in [3.05, 3.63) is 57.0 Å². The molecule has 138 valence electrons. The van der Waals surface area contributed by atoms with Gasteiger partial charge in [-0.2, -0.15) is 0 Å². The number of nitrogens with one attached hydrogen (secondary N) is 3. The van der Waals surface area contributed by atoms with Crippen molar-refractivity contribution in [3.63, 3.8) is 0 Å². The molecule has 6 nitrogen and oxygen atoms in total. The quantitative estimate of drug-likeness (QED) is 0.599. The number of carbonyl (C=O) groups is 2. The van der Waals surface area contributed by atoms with Gasteiger partial charge in [0.1, 0.15) is 0 Å². The van der Waals surface area contributed by atoms with Crippen LogP contribution in [-0.2, 0) is 4.74 Å². The summed E-state index contributed by atoms with van der Waals surface area (Å²) in [5.74, 6) is -0.299. The van der Waals surface area contributed by atoms with Crippen LogP contribution in [-0.4, -0.2) is 32.2 Å². The van der Waals surface area contributed by atoms with Crippen molar-refractivity contribution in [3.8, 4) is 0 Å². The van der Waals surface area contributed by atoms with Crippen LogP contribution in [0, 0.1) is 0 Å². The first-order valence-electron chi connectivity index (χ1n) is 7.50. The zero-order chi connectivity index (χ0) is 19.1. The number of benzene rings is 2. The molecule has 3 N–H and O–H groups in total. The molecule has 9 heteroatoms. The predicted molar refractivity (Wildman–Crippen MR) is 105 cm³/mol. The van der Waals surface area contributed by atoms with Crippen LogP contribution < -0.4 is 16.0 Å². The highest BCUT2D eigenvalue weighted by atomic mass is 35.5. The molecule has 0 aliphatic carbocycles. The summed E-state index contributed by atoms with van der Waals surface area (Å²) in [6.45, 7) is 0.773. The zero-order valence-corrected chi connectivity index (χ0v) is 16.0. The maximum absolute atomic E-state index is 12.1. The minimum Gasteiger partial charge on any atom is -0.383 e. The van der Waals surface area contributed by atoms with E-state index in [4.69, 9.17) is 39.5 Å². The number of anilines is 2. The summed E-state index contributed by atoms with van der Waals surface area (Å²) in [5, 5.41) is 8.88. The van der Waals surface area contributed by atoms with Crippen molar-refractivity contribution in [1.82, 2.24) is 5.32 Å². The molecule has 0 atom stereocenters. The minimum absolute atomic E-state index is 0.294. The Morgan fingerprint density at radius 3 is 2.38 bits per heavy atom. The van der Waals surface area contributed by atoms with E-state index in [1.165, 1.54) is 18.2 Å². The normalized spacial score (nSPS) is 10.3. The van der Waals surface area contributed by atoms with E-state index >= 15 is 0 Å². The van der Waals surface area contributed by atoms with Crippen molar-refractivity contribution in [2.24, 2.45) is 0 Å². The molecular weight excluding hydrogens is 401 g/mol. The monoisotopic (exact) mass is 415 g/mol. The SMILES string of the molecule is COCCNC(=O)c1ccc(Cl)c(NC(=O)Nc2ccc(Cl)c(Cl)c2)c1. The largest absolute Gasteiger partial charge is 0.383 e. The number of rotatable bonds is 6. The van der Waals surface area contributed by atoms with E-state index < -0.39 is 6.03 Å². The first-order chi connectivity index (χ1) is 12.4. The Balaban J connectivity index is 2.05. The standard InChI is InChI=1S/C17H16Cl3N3O3/c1-26-7-6-21-16(24)10-2-4-13(19)15(8-10)23-17(25)22-11-3-5-12(18)14(20)9-11/h2-5,8-9H,6-7H2,1H3,(H,21,24)(H2,22,23,25). The van der Waals surface area contributed by atoms with Gasteiger partial charge in [0, 0.05) is 24.9 Å². The van der Waals surface area contributed by atoms with Crippen LogP contribution in [0.4, 0.5) is 16.2 Å². The average molecular weight is 417 g/mol. The second-order valence-corrected chi connectivity index (χ2v) is 6.37. The fraction of sp³-hybridized carbons (Fsp3) is 0.176. The number of halogens is 3.